The predicted molar refractivity (Wildman–Crippen MR) is 71.3 cm³/mol. The summed E-state index contributed by atoms with van der Waals surface area (Å²) < 4.78 is 5.52. The van der Waals surface area contributed by atoms with E-state index in [1.54, 1.807) is 0 Å². The van der Waals surface area contributed by atoms with E-state index < -0.39 is 0 Å². The highest BCUT2D eigenvalue weighted by Gasteiger charge is 2.28. The van der Waals surface area contributed by atoms with E-state index in [0.29, 0.717) is 17.5 Å². The summed E-state index contributed by atoms with van der Waals surface area (Å²) in [7, 11) is 0. The number of morpholine rings is 1. The summed E-state index contributed by atoms with van der Waals surface area (Å²) in [5.74, 6) is 0. The van der Waals surface area contributed by atoms with Gasteiger partial charge in [-0.25, -0.2) is 0 Å². The topological polar surface area (TPSA) is 24.5 Å². The van der Waals surface area contributed by atoms with Gasteiger partial charge in [0.1, 0.15) is 0 Å². The van der Waals surface area contributed by atoms with Crippen molar-refractivity contribution in [1.82, 2.24) is 10.2 Å². The van der Waals surface area contributed by atoms with Gasteiger partial charge in [-0.1, -0.05) is 13.8 Å². The van der Waals surface area contributed by atoms with Crippen LogP contribution in [0.25, 0.3) is 0 Å². The van der Waals surface area contributed by atoms with Crippen LogP contribution >= 0.6 is 0 Å². The van der Waals surface area contributed by atoms with Gasteiger partial charge in [0.05, 0.1) is 13.2 Å². The molecule has 2 aliphatic rings. The standard InChI is InChI=1S/C14H28N2O/c1-12(10-13-11-17-9-6-15-13)16-7-4-14(2,3)5-8-16/h12-13,15H,4-11H2,1-3H3. The number of nitrogens with one attached hydrogen (secondary N) is 1. The first kappa shape index (κ1) is 13.3. The minimum absolute atomic E-state index is 0.558. The fraction of sp³-hybridized carbons (Fsp3) is 1.00. The van der Waals surface area contributed by atoms with Crippen LogP contribution in [0.5, 0.6) is 0 Å². The molecule has 0 aliphatic carbocycles. The average molecular weight is 240 g/mol. The third kappa shape index (κ3) is 3.94. The Balaban J connectivity index is 1.74. The molecule has 0 saturated carbocycles. The van der Waals surface area contributed by atoms with E-state index in [1.165, 1.54) is 32.4 Å². The monoisotopic (exact) mass is 240 g/mol. The number of ether oxygens (including phenoxy) is 1. The number of hydrogen-bond donors (Lipinski definition) is 1. The van der Waals surface area contributed by atoms with Crippen molar-refractivity contribution in [3.8, 4) is 0 Å². The van der Waals surface area contributed by atoms with Gasteiger partial charge in [0.25, 0.3) is 0 Å². The molecule has 3 nitrogen and oxygen atoms in total. The molecule has 0 radical (unpaired) electrons. The zero-order valence-corrected chi connectivity index (χ0v) is 11.7. The van der Waals surface area contributed by atoms with Gasteiger partial charge in [-0.3, -0.25) is 0 Å². The molecule has 0 aromatic heterocycles. The quantitative estimate of drug-likeness (QED) is 0.815. The molecule has 0 bridgehead atoms. The van der Waals surface area contributed by atoms with Crippen molar-refractivity contribution in [2.45, 2.75) is 52.1 Å². The van der Waals surface area contributed by atoms with Crippen molar-refractivity contribution in [1.29, 1.82) is 0 Å². The van der Waals surface area contributed by atoms with Crippen molar-refractivity contribution in [2.75, 3.05) is 32.8 Å². The Morgan fingerprint density at radius 1 is 1.35 bits per heavy atom. The molecule has 2 unspecified atom stereocenters. The Morgan fingerprint density at radius 2 is 2.06 bits per heavy atom. The molecule has 2 heterocycles. The highest BCUT2D eigenvalue weighted by molar-refractivity contribution is 4.83. The Kier molecular flexibility index (Phi) is 4.45. The molecule has 0 amide bonds. The first-order valence-electron chi connectivity index (χ1n) is 7.12. The molecule has 2 atom stereocenters. The second-order valence-electron chi connectivity index (χ2n) is 6.51. The van der Waals surface area contributed by atoms with Crippen LogP contribution in [0.2, 0.25) is 0 Å². The number of likely N-dealkylation sites (tertiary alicyclic amines) is 1. The lowest BCUT2D eigenvalue weighted by atomic mass is 9.82. The first-order chi connectivity index (χ1) is 8.07. The lowest BCUT2D eigenvalue weighted by molar-refractivity contribution is 0.0496. The summed E-state index contributed by atoms with van der Waals surface area (Å²) in [6.45, 7) is 12.5. The molecular weight excluding hydrogens is 212 g/mol. The molecule has 2 aliphatic heterocycles. The predicted octanol–water partition coefficient (Wildman–Crippen LogP) is 1.88. The number of piperidine rings is 1. The third-order valence-electron chi connectivity index (χ3n) is 4.40. The largest absolute Gasteiger partial charge is 0.379 e. The van der Waals surface area contributed by atoms with Gasteiger partial charge in [0.15, 0.2) is 0 Å². The van der Waals surface area contributed by atoms with Crippen LogP contribution in [0.15, 0.2) is 0 Å². The number of nitrogens with zero attached hydrogens (tertiary/aromatic N) is 1. The molecule has 100 valence electrons. The van der Waals surface area contributed by atoms with E-state index in [0.717, 1.165) is 19.8 Å². The van der Waals surface area contributed by atoms with Crippen molar-refractivity contribution >= 4 is 0 Å². The summed E-state index contributed by atoms with van der Waals surface area (Å²) in [6.07, 6.45) is 3.90. The van der Waals surface area contributed by atoms with Gasteiger partial charge in [-0.05, 0) is 44.7 Å². The Bertz CT molecular complexity index is 226. The van der Waals surface area contributed by atoms with Crippen molar-refractivity contribution in [3.63, 3.8) is 0 Å². The van der Waals surface area contributed by atoms with Crippen molar-refractivity contribution < 1.29 is 4.74 Å². The van der Waals surface area contributed by atoms with E-state index in [4.69, 9.17) is 4.74 Å². The molecule has 0 aromatic carbocycles. The first-order valence-corrected chi connectivity index (χ1v) is 7.12. The molecule has 0 spiro atoms. The van der Waals surface area contributed by atoms with Gasteiger partial charge >= 0.3 is 0 Å². The molecule has 2 fully saturated rings. The van der Waals surface area contributed by atoms with Crippen LogP contribution in [-0.2, 0) is 4.74 Å². The van der Waals surface area contributed by atoms with Crippen LogP contribution < -0.4 is 5.32 Å². The van der Waals surface area contributed by atoms with Gasteiger partial charge in [0, 0.05) is 18.6 Å². The summed E-state index contributed by atoms with van der Waals surface area (Å²) in [4.78, 5) is 2.65. The van der Waals surface area contributed by atoms with Crippen LogP contribution in [0.4, 0.5) is 0 Å². The van der Waals surface area contributed by atoms with Crippen molar-refractivity contribution in [3.05, 3.63) is 0 Å². The van der Waals surface area contributed by atoms with Gasteiger partial charge < -0.3 is 15.0 Å². The maximum Gasteiger partial charge on any atom is 0.0620 e. The van der Waals surface area contributed by atoms with Crippen LogP contribution in [0, 0.1) is 5.41 Å². The zero-order valence-electron chi connectivity index (χ0n) is 11.7. The molecule has 2 rings (SSSR count). The molecule has 3 heteroatoms. The second-order valence-corrected chi connectivity index (χ2v) is 6.51. The van der Waals surface area contributed by atoms with Gasteiger partial charge in [0.2, 0.25) is 0 Å². The molecule has 1 N–H and O–H groups in total. The number of hydrogen-bond acceptors (Lipinski definition) is 3. The molecule has 17 heavy (non-hydrogen) atoms. The highest BCUT2D eigenvalue weighted by Crippen LogP contribution is 2.31. The van der Waals surface area contributed by atoms with Gasteiger partial charge in [-0.15, -0.1) is 0 Å². The third-order valence-corrected chi connectivity index (χ3v) is 4.40. The minimum Gasteiger partial charge on any atom is -0.379 e. The molecule has 0 aromatic rings. The van der Waals surface area contributed by atoms with Crippen LogP contribution in [0.3, 0.4) is 0 Å². The zero-order chi connectivity index (χ0) is 12.3. The SMILES string of the molecule is CC(CC1COCCN1)N1CCC(C)(C)CC1. The summed E-state index contributed by atoms with van der Waals surface area (Å²) in [5, 5.41) is 3.55. The minimum atomic E-state index is 0.558. The fourth-order valence-corrected chi connectivity index (χ4v) is 2.90. The number of rotatable bonds is 3. The Hall–Kier alpha value is -0.120. The molecule has 2 saturated heterocycles. The van der Waals surface area contributed by atoms with E-state index in [1.807, 2.05) is 0 Å². The lowest BCUT2D eigenvalue weighted by Crippen LogP contribution is -2.48. The van der Waals surface area contributed by atoms with Gasteiger partial charge in [-0.2, -0.15) is 0 Å². The normalized spacial score (nSPS) is 32.3. The smallest absolute Gasteiger partial charge is 0.0620 e. The van der Waals surface area contributed by atoms with Crippen molar-refractivity contribution in [2.24, 2.45) is 5.41 Å². The average Bonchev–Trinajstić information content (AvgIpc) is 2.30. The second kappa shape index (κ2) is 5.68. The maximum atomic E-state index is 5.52. The van der Waals surface area contributed by atoms with Crippen LogP contribution in [-0.4, -0.2) is 49.8 Å². The molecular formula is C14H28N2O. The van der Waals surface area contributed by atoms with Crippen LogP contribution in [0.1, 0.15) is 40.0 Å². The maximum absolute atomic E-state index is 5.52. The fourth-order valence-electron chi connectivity index (χ4n) is 2.90. The van der Waals surface area contributed by atoms with E-state index >= 15 is 0 Å². The summed E-state index contributed by atoms with van der Waals surface area (Å²) in [5.41, 5.74) is 0.558. The lowest BCUT2D eigenvalue weighted by Gasteiger charge is -2.41. The Morgan fingerprint density at radius 3 is 2.65 bits per heavy atom. The summed E-state index contributed by atoms with van der Waals surface area (Å²) >= 11 is 0. The highest BCUT2D eigenvalue weighted by atomic mass is 16.5. The van der Waals surface area contributed by atoms with E-state index in [2.05, 4.69) is 31.0 Å². The summed E-state index contributed by atoms with van der Waals surface area (Å²) in [6, 6.07) is 1.25. The van der Waals surface area contributed by atoms with E-state index in [-0.39, 0.29) is 0 Å². The Labute approximate surface area is 106 Å². The van der Waals surface area contributed by atoms with E-state index in [9.17, 15) is 0 Å².